The van der Waals surface area contributed by atoms with Crippen LogP contribution in [0.2, 0.25) is 0 Å². The number of oxazole rings is 1. The van der Waals surface area contributed by atoms with Crippen molar-refractivity contribution in [2.24, 2.45) is 0 Å². The van der Waals surface area contributed by atoms with E-state index in [1.807, 2.05) is 55.9 Å². The third-order valence-electron chi connectivity index (χ3n) is 5.51. The molecule has 32 heavy (non-hydrogen) atoms. The van der Waals surface area contributed by atoms with Gasteiger partial charge < -0.3 is 15.5 Å². The second kappa shape index (κ2) is 7.92. The second-order valence-corrected chi connectivity index (χ2v) is 7.83. The molecule has 4 aromatic heterocycles. The first-order valence-corrected chi connectivity index (χ1v) is 10.5. The van der Waals surface area contributed by atoms with Crippen molar-refractivity contribution in [2.75, 3.05) is 11.1 Å². The predicted octanol–water partition coefficient (Wildman–Crippen LogP) is 3.78. The van der Waals surface area contributed by atoms with Crippen LogP contribution in [0.1, 0.15) is 35.2 Å². The van der Waals surface area contributed by atoms with Crippen molar-refractivity contribution in [2.45, 2.75) is 40.3 Å². The molecule has 5 aromatic rings. The molecule has 162 valence electrons. The fourth-order valence-electron chi connectivity index (χ4n) is 3.89. The highest BCUT2D eigenvalue weighted by Gasteiger charge is 2.12. The van der Waals surface area contributed by atoms with E-state index in [1.165, 1.54) is 6.33 Å². The molecular formula is C23H24N8O. The quantitative estimate of drug-likeness (QED) is 0.419. The summed E-state index contributed by atoms with van der Waals surface area (Å²) in [5, 5.41) is 8.90. The van der Waals surface area contributed by atoms with Crippen LogP contribution >= 0.6 is 0 Å². The van der Waals surface area contributed by atoms with Crippen molar-refractivity contribution in [3.8, 4) is 0 Å². The van der Waals surface area contributed by atoms with Gasteiger partial charge in [0.25, 0.3) is 0 Å². The first-order valence-electron chi connectivity index (χ1n) is 10.5. The Morgan fingerprint density at radius 3 is 2.81 bits per heavy atom. The molecule has 0 amide bonds. The molecule has 0 aliphatic carbocycles. The van der Waals surface area contributed by atoms with Gasteiger partial charge in [0.05, 0.1) is 11.9 Å². The molecule has 0 atom stereocenters. The molecule has 0 saturated heterocycles. The van der Waals surface area contributed by atoms with E-state index in [9.17, 15) is 0 Å². The zero-order chi connectivity index (χ0) is 22.2. The summed E-state index contributed by atoms with van der Waals surface area (Å²) in [6.07, 6.45) is 4.26. The number of nitrogens with two attached hydrogens (primary N) is 1. The molecule has 0 fully saturated rings. The number of hydrogen-bond donors (Lipinski definition) is 2. The van der Waals surface area contributed by atoms with Crippen LogP contribution in [0.15, 0.2) is 41.2 Å². The zero-order valence-corrected chi connectivity index (χ0v) is 18.3. The van der Waals surface area contributed by atoms with E-state index in [-0.39, 0.29) is 0 Å². The Labute approximate surface area is 184 Å². The summed E-state index contributed by atoms with van der Waals surface area (Å²) in [6, 6.07) is 7.91. The Morgan fingerprint density at radius 2 is 2.00 bits per heavy atom. The minimum atomic E-state index is 0.532. The van der Waals surface area contributed by atoms with Gasteiger partial charge in [-0.3, -0.25) is 4.68 Å². The summed E-state index contributed by atoms with van der Waals surface area (Å²) in [6.45, 7) is 7.21. The molecule has 0 radical (unpaired) electrons. The molecule has 0 aliphatic rings. The summed E-state index contributed by atoms with van der Waals surface area (Å²) in [4.78, 5) is 17.6. The molecule has 0 bridgehead atoms. The van der Waals surface area contributed by atoms with Crippen LogP contribution in [-0.2, 0) is 19.5 Å². The SMILES string of the molecule is CCc1nc2cc(Cn3cc4c(NCc5c(C)cc(N)nc5C)ncnc4n3)ccc2o1. The van der Waals surface area contributed by atoms with Crippen LogP contribution < -0.4 is 11.1 Å². The molecule has 0 saturated carbocycles. The van der Waals surface area contributed by atoms with Crippen molar-refractivity contribution in [1.82, 2.24) is 29.7 Å². The van der Waals surface area contributed by atoms with Gasteiger partial charge in [-0.2, -0.15) is 5.10 Å². The van der Waals surface area contributed by atoms with E-state index in [0.29, 0.717) is 24.6 Å². The fourth-order valence-corrected chi connectivity index (χ4v) is 3.89. The van der Waals surface area contributed by atoms with Crippen LogP contribution in [-0.4, -0.2) is 29.7 Å². The van der Waals surface area contributed by atoms with E-state index in [2.05, 4.69) is 30.4 Å². The molecule has 0 unspecified atom stereocenters. The Hall–Kier alpha value is -4.01. The topological polar surface area (TPSA) is 121 Å². The standard InChI is InChI=1S/C23H24N8O/c1-4-21-29-18-8-15(5-6-19(18)32-21)10-31-11-17-22(26-12-27-23(17)30-31)25-9-16-13(2)7-20(24)28-14(16)3/h5-8,11-12H,4,9-10H2,1-3H3,(H2,24,28)(H,25,26,27,30). The lowest BCUT2D eigenvalue weighted by atomic mass is 10.1. The van der Waals surface area contributed by atoms with Gasteiger partial charge in [-0.15, -0.1) is 0 Å². The van der Waals surface area contributed by atoms with Gasteiger partial charge in [0, 0.05) is 24.9 Å². The van der Waals surface area contributed by atoms with Gasteiger partial charge in [0.1, 0.15) is 23.5 Å². The van der Waals surface area contributed by atoms with E-state index in [1.54, 1.807) is 0 Å². The molecule has 4 heterocycles. The summed E-state index contributed by atoms with van der Waals surface area (Å²) in [7, 11) is 0. The highest BCUT2D eigenvalue weighted by Crippen LogP contribution is 2.22. The highest BCUT2D eigenvalue weighted by molar-refractivity contribution is 5.85. The Balaban J connectivity index is 1.39. The van der Waals surface area contributed by atoms with Gasteiger partial charge >= 0.3 is 0 Å². The molecular weight excluding hydrogens is 404 g/mol. The van der Waals surface area contributed by atoms with Crippen molar-refractivity contribution in [1.29, 1.82) is 0 Å². The molecule has 0 aliphatic heterocycles. The zero-order valence-electron chi connectivity index (χ0n) is 18.3. The van der Waals surface area contributed by atoms with Crippen molar-refractivity contribution in [3.63, 3.8) is 0 Å². The maximum Gasteiger partial charge on any atom is 0.195 e. The maximum atomic E-state index is 5.84. The number of rotatable bonds is 6. The Kier molecular flexibility index (Phi) is 4.93. The third kappa shape index (κ3) is 3.73. The molecule has 5 rings (SSSR count). The average Bonchev–Trinajstić information content (AvgIpc) is 3.36. The number of fused-ring (bicyclic) bond motifs is 2. The predicted molar refractivity (Wildman–Crippen MR) is 123 cm³/mol. The minimum absolute atomic E-state index is 0.532. The van der Waals surface area contributed by atoms with E-state index in [0.717, 1.165) is 57.0 Å². The number of benzene rings is 1. The largest absolute Gasteiger partial charge is 0.441 e. The van der Waals surface area contributed by atoms with Crippen LogP contribution in [0, 0.1) is 13.8 Å². The number of aromatic nitrogens is 6. The first-order chi connectivity index (χ1) is 15.5. The van der Waals surface area contributed by atoms with Gasteiger partial charge in [0.2, 0.25) is 0 Å². The number of aryl methyl sites for hydroxylation is 3. The average molecular weight is 429 g/mol. The number of anilines is 2. The first kappa shape index (κ1) is 19.9. The number of hydrogen-bond acceptors (Lipinski definition) is 8. The number of pyridine rings is 1. The van der Waals surface area contributed by atoms with Crippen LogP contribution in [0.25, 0.3) is 22.1 Å². The number of nitrogen functional groups attached to an aromatic ring is 1. The normalized spacial score (nSPS) is 11.5. The third-order valence-corrected chi connectivity index (χ3v) is 5.51. The van der Waals surface area contributed by atoms with Gasteiger partial charge in [-0.05, 0) is 48.7 Å². The summed E-state index contributed by atoms with van der Waals surface area (Å²) in [5.41, 5.74) is 12.3. The van der Waals surface area contributed by atoms with Crippen molar-refractivity contribution in [3.05, 3.63) is 65.1 Å². The molecule has 9 heteroatoms. The Morgan fingerprint density at radius 1 is 1.12 bits per heavy atom. The smallest absolute Gasteiger partial charge is 0.195 e. The lowest BCUT2D eigenvalue weighted by Gasteiger charge is -2.12. The lowest BCUT2D eigenvalue weighted by molar-refractivity contribution is 0.538. The summed E-state index contributed by atoms with van der Waals surface area (Å²) < 4.78 is 7.57. The van der Waals surface area contributed by atoms with E-state index >= 15 is 0 Å². The maximum absolute atomic E-state index is 5.84. The van der Waals surface area contributed by atoms with Gasteiger partial charge in [-0.25, -0.2) is 19.9 Å². The van der Waals surface area contributed by atoms with Crippen LogP contribution in [0.4, 0.5) is 11.6 Å². The monoisotopic (exact) mass is 428 g/mol. The molecule has 1 aromatic carbocycles. The summed E-state index contributed by atoms with van der Waals surface area (Å²) >= 11 is 0. The summed E-state index contributed by atoms with van der Waals surface area (Å²) in [5.74, 6) is 2.01. The lowest BCUT2D eigenvalue weighted by Crippen LogP contribution is -2.08. The van der Waals surface area contributed by atoms with Crippen molar-refractivity contribution >= 4 is 33.8 Å². The van der Waals surface area contributed by atoms with Crippen molar-refractivity contribution < 1.29 is 4.42 Å². The van der Waals surface area contributed by atoms with E-state index < -0.39 is 0 Å². The second-order valence-electron chi connectivity index (χ2n) is 7.83. The fraction of sp³-hybridized carbons (Fsp3) is 0.261. The molecule has 3 N–H and O–H groups in total. The van der Waals surface area contributed by atoms with E-state index in [4.69, 9.17) is 10.2 Å². The number of nitrogens with one attached hydrogen (secondary N) is 1. The highest BCUT2D eigenvalue weighted by atomic mass is 16.3. The van der Waals surface area contributed by atoms with Crippen LogP contribution in [0.5, 0.6) is 0 Å². The van der Waals surface area contributed by atoms with Gasteiger partial charge in [-0.1, -0.05) is 13.0 Å². The Bertz CT molecular complexity index is 1410. The number of nitrogens with zero attached hydrogens (tertiary/aromatic N) is 6. The molecule has 0 spiro atoms. The molecule has 9 nitrogen and oxygen atoms in total. The minimum Gasteiger partial charge on any atom is -0.441 e. The van der Waals surface area contributed by atoms with Crippen LogP contribution in [0.3, 0.4) is 0 Å². The van der Waals surface area contributed by atoms with Gasteiger partial charge in [0.15, 0.2) is 17.1 Å².